The highest BCUT2D eigenvalue weighted by molar-refractivity contribution is 5.97. The molecule has 0 N–H and O–H groups in total. The number of rotatable bonds is 4. The summed E-state index contributed by atoms with van der Waals surface area (Å²) in [6.45, 7) is 9.91. The number of piperazine rings is 1. The fraction of sp³-hybridized carbons (Fsp3) is 0.600. The topological polar surface area (TPSA) is 53.1 Å². The number of hydrogen-bond acceptors (Lipinski definition) is 4. The zero-order chi connectivity index (χ0) is 18.7. The van der Waals surface area contributed by atoms with Gasteiger partial charge in [0.05, 0.1) is 12.2 Å². The standard InChI is InChI=1S/C20H29N3O3/c1-15-4-6-18(7-5-15)23-11-10-22(14-20(23)25)19(24)8-9-21-12-16(2)26-17(3)13-21/h4-7,16-17H,8-14H2,1-3H3. The minimum Gasteiger partial charge on any atom is -0.373 e. The van der Waals surface area contributed by atoms with E-state index in [-0.39, 0.29) is 30.6 Å². The smallest absolute Gasteiger partial charge is 0.246 e. The summed E-state index contributed by atoms with van der Waals surface area (Å²) < 4.78 is 5.73. The van der Waals surface area contributed by atoms with Crippen molar-refractivity contribution in [2.24, 2.45) is 0 Å². The highest BCUT2D eigenvalue weighted by Gasteiger charge is 2.29. The van der Waals surface area contributed by atoms with Gasteiger partial charge in [-0.2, -0.15) is 0 Å². The third-order valence-electron chi connectivity index (χ3n) is 5.06. The summed E-state index contributed by atoms with van der Waals surface area (Å²) in [5, 5.41) is 0. The molecule has 2 atom stereocenters. The monoisotopic (exact) mass is 359 g/mol. The van der Waals surface area contributed by atoms with Crippen LogP contribution in [-0.4, -0.2) is 73.1 Å². The number of nitrogens with zero attached hydrogens (tertiary/aromatic N) is 3. The zero-order valence-electron chi connectivity index (χ0n) is 16.0. The Hall–Kier alpha value is -1.92. The minimum atomic E-state index is -0.0120. The Kier molecular flexibility index (Phi) is 5.94. The number of benzene rings is 1. The van der Waals surface area contributed by atoms with Gasteiger partial charge >= 0.3 is 0 Å². The van der Waals surface area contributed by atoms with Gasteiger partial charge in [-0.15, -0.1) is 0 Å². The largest absolute Gasteiger partial charge is 0.373 e. The quantitative estimate of drug-likeness (QED) is 0.821. The molecule has 6 nitrogen and oxygen atoms in total. The van der Waals surface area contributed by atoms with Crippen LogP contribution >= 0.6 is 0 Å². The van der Waals surface area contributed by atoms with Gasteiger partial charge in [-0.05, 0) is 32.9 Å². The van der Waals surface area contributed by atoms with Crippen molar-refractivity contribution in [1.29, 1.82) is 0 Å². The van der Waals surface area contributed by atoms with Crippen LogP contribution in [0, 0.1) is 6.92 Å². The molecule has 2 aliphatic heterocycles. The van der Waals surface area contributed by atoms with Gasteiger partial charge in [0, 0.05) is 44.8 Å². The molecule has 6 heteroatoms. The molecule has 2 amide bonds. The van der Waals surface area contributed by atoms with E-state index < -0.39 is 0 Å². The van der Waals surface area contributed by atoms with Gasteiger partial charge in [0.25, 0.3) is 0 Å². The van der Waals surface area contributed by atoms with Crippen molar-refractivity contribution >= 4 is 17.5 Å². The molecule has 0 saturated carbocycles. The first kappa shape index (κ1) is 18.9. The summed E-state index contributed by atoms with van der Waals surface area (Å²) in [6, 6.07) is 7.94. The van der Waals surface area contributed by atoms with Gasteiger partial charge in [-0.1, -0.05) is 17.7 Å². The van der Waals surface area contributed by atoms with Gasteiger partial charge in [-0.3, -0.25) is 14.5 Å². The molecule has 142 valence electrons. The van der Waals surface area contributed by atoms with Crippen molar-refractivity contribution in [3.63, 3.8) is 0 Å². The predicted molar refractivity (Wildman–Crippen MR) is 101 cm³/mol. The van der Waals surface area contributed by atoms with Crippen LogP contribution in [0.3, 0.4) is 0 Å². The molecule has 2 saturated heterocycles. The van der Waals surface area contributed by atoms with Crippen LogP contribution in [0.25, 0.3) is 0 Å². The maximum absolute atomic E-state index is 12.5. The molecular formula is C20H29N3O3. The Morgan fingerprint density at radius 3 is 2.38 bits per heavy atom. The molecule has 2 heterocycles. The van der Waals surface area contributed by atoms with Crippen LogP contribution in [0.15, 0.2) is 24.3 Å². The first-order valence-electron chi connectivity index (χ1n) is 9.45. The van der Waals surface area contributed by atoms with E-state index in [0.717, 1.165) is 25.3 Å². The van der Waals surface area contributed by atoms with Crippen LogP contribution in [0.4, 0.5) is 5.69 Å². The average Bonchev–Trinajstić information content (AvgIpc) is 2.60. The number of anilines is 1. The molecule has 1 aromatic rings. The van der Waals surface area contributed by atoms with Gasteiger partial charge in [0.15, 0.2) is 0 Å². The van der Waals surface area contributed by atoms with Crippen molar-refractivity contribution in [2.75, 3.05) is 44.2 Å². The molecular weight excluding hydrogens is 330 g/mol. The summed E-state index contributed by atoms with van der Waals surface area (Å²) in [6.07, 6.45) is 0.860. The van der Waals surface area contributed by atoms with E-state index in [1.807, 2.05) is 31.2 Å². The van der Waals surface area contributed by atoms with E-state index in [4.69, 9.17) is 4.74 Å². The van der Waals surface area contributed by atoms with E-state index in [1.54, 1.807) is 9.80 Å². The van der Waals surface area contributed by atoms with Crippen molar-refractivity contribution in [2.45, 2.75) is 39.4 Å². The summed E-state index contributed by atoms with van der Waals surface area (Å²) in [7, 11) is 0. The SMILES string of the molecule is Cc1ccc(N2CCN(C(=O)CCN3CC(C)OC(C)C3)CC2=O)cc1. The lowest BCUT2D eigenvalue weighted by atomic mass is 10.2. The van der Waals surface area contributed by atoms with Gasteiger partial charge in [0.1, 0.15) is 6.54 Å². The lowest BCUT2D eigenvalue weighted by molar-refractivity contribution is -0.137. The van der Waals surface area contributed by atoms with Gasteiger partial charge in [-0.25, -0.2) is 0 Å². The number of carbonyl (C=O) groups excluding carboxylic acids is 2. The maximum Gasteiger partial charge on any atom is 0.246 e. The molecule has 2 unspecified atom stereocenters. The Morgan fingerprint density at radius 1 is 1.12 bits per heavy atom. The molecule has 1 aromatic carbocycles. The first-order chi connectivity index (χ1) is 12.4. The number of amides is 2. The zero-order valence-corrected chi connectivity index (χ0v) is 16.0. The highest BCUT2D eigenvalue weighted by Crippen LogP contribution is 2.18. The number of morpholine rings is 1. The molecule has 2 fully saturated rings. The lowest BCUT2D eigenvalue weighted by Crippen LogP contribution is -2.53. The molecule has 0 aliphatic carbocycles. The second-order valence-corrected chi connectivity index (χ2v) is 7.46. The maximum atomic E-state index is 12.5. The minimum absolute atomic E-state index is 0.0120. The van der Waals surface area contributed by atoms with Crippen LogP contribution in [0.2, 0.25) is 0 Å². The molecule has 0 aromatic heterocycles. The van der Waals surface area contributed by atoms with Crippen LogP contribution < -0.4 is 4.90 Å². The Labute approximate surface area is 155 Å². The van der Waals surface area contributed by atoms with Crippen LogP contribution in [0.5, 0.6) is 0 Å². The summed E-state index contributed by atoms with van der Waals surface area (Å²) in [4.78, 5) is 30.8. The number of hydrogen-bond donors (Lipinski definition) is 0. The van der Waals surface area contributed by atoms with E-state index in [2.05, 4.69) is 18.7 Å². The van der Waals surface area contributed by atoms with Crippen LogP contribution in [0.1, 0.15) is 25.8 Å². The van der Waals surface area contributed by atoms with Crippen molar-refractivity contribution in [3.05, 3.63) is 29.8 Å². The van der Waals surface area contributed by atoms with Gasteiger partial charge in [0.2, 0.25) is 11.8 Å². The Bertz CT molecular complexity index is 636. The number of carbonyl (C=O) groups is 2. The summed E-state index contributed by atoms with van der Waals surface area (Å²) in [5.74, 6) is 0.0516. The molecule has 0 bridgehead atoms. The molecule has 0 spiro atoms. The summed E-state index contributed by atoms with van der Waals surface area (Å²) in [5.41, 5.74) is 2.07. The highest BCUT2D eigenvalue weighted by atomic mass is 16.5. The number of ether oxygens (including phenoxy) is 1. The van der Waals surface area contributed by atoms with Crippen molar-refractivity contribution in [1.82, 2.24) is 9.80 Å². The fourth-order valence-corrected chi connectivity index (χ4v) is 3.76. The fourth-order valence-electron chi connectivity index (χ4n) is 3.76. The summed E-state index contributed by atoms with van der Waals surface area (Å²) >= 11 is 0. The van der Waals surface area contributed by atoms with E-state index in [1.165, 1.54) is 5.56 Å². The third kappa shape index (κ3) is 4.62. The second kappa shape index (κ2) is 8.18. The van der Waals surface area contributed by atoms with Crippen molar-refractivity contribution in [3.8, 4) is 0 Å². The second-order valence-electron chi connectivity index (χ2n) is 7.46. The molecule has 3 rings (SSSR count). The van der Waals surface area contributed by atoms with Crippen molar-refractivity contribution < 1.29 is 14.3 Å². The normalized spacial score (nSPS) is 24.8. The predicted octanol–water partition coefficient (Wildman–Crippen LogP) is 1.67. The van der Waals surface area contributed by atoms with E-state index in [9.17, 15) is 9.59 Å². The Morgan fingerprint density at radius 2 is 1.77 bits per heavy atom. The van der Waals surface area contributed by atoms with E-state index >= 15 is 0 Å². The molecule has 2 aliphatic rings. The van der Waals surface area contributed by atoms with Gasteiger partial charge < -0.3 is 14.5 Å². The van der Waals surface area contributed by atoms with Crippen LogP contribution in [-0.2, 0) is 14.3 Å². The lowest BCUT2D eigenvalue weighted by Gasteiger charge is -2.37. The third-order valence-corrected chi connectivity index (χ3v) is 5.06. The first-order valence-corrected chi connectivity index (χ1v) is 9.45. The number of aryl methyl sites for hydroxylation is 1. The average molecular weight is 359 g/mol. The molecule has 26 heavy (non-hydrogen) atoms. The Balaban J connectivity index is 1.49. The van der Waals surface area contributed by atoms with E-state index in [0.29, 0.717) is 19.5 Å². The molecule has 0 radical (unpaired) electrons.